The van der Waals surface area contributed by atoms with Gasteiger partial charge in [0.05, 0.1) is 16.3 Å². The van der Waals surface area contributed by atoms with E-state index in [0.29, 0.717) is 16.3 Å². The zero-order chi connectivity index (χ0) is 14.8. The second-order valence-electron chi connectivity index (χ2n) is 5.04. The van der Waals surface area contributed by atoms with Crippen molar-refractivity contribution in [2.24, 2.45) is 0 Å². The first kappa shape index (κ1) is 14.4. The van der Waals surface area contributed by atoms with E-state index in [4.69, 9.17) is 23.4 Å². The summed E-state index contributed by atoms with van der Waals surface area (Å²) in [5, 5.41) is 0.492. The van der Waals surface area contributed by atoms with Crippen LogP contribution in [0.4, 0.5) is 5.69 Å². The summed E-state index contributed by atoms with van der Waals surface area (Å²) in [7, 11) is 0. The standard InChI is InChI=1S/C16H14Cl2N2O/c17-15-12-8-4-5-9-14(12)19-10-13(15)16(21)20(18)11-6-2-1-3-7-11/h1-3,6-7,10H,4-5,8-9H2. The first-order valence-corrected chi connectivity index (χ1v) is 7.61. The molecule has 3 rings (SSSR count). The van der Waals surface area contributed by atoms with Crippen molar-refractivity contribution in [3.8, 4) is 0 Å². The Labute approximate surface area is 133 Å². The van der Waals surface area contributed by atoms with Gasteiger partial charge in [0.2, 0.25) is 0 Å². The number of benzene rings is 1. The lowest BCUT2D eigenvalue weighted by molar-refractivity contribution is 0.100. The zero-order valence-corrected chi connectivity index (χ0v) is 12.9. The van der Waals surface area contributed by atoms with Crippen LogP contribution in [0.5, 0.6) is 0 Å². The molecular formula is C16H14Cl2N2O. The number of pyridine rings is 1. The second kappa shape index (κ2) is 6.04. The average Bonchev–Trinajstić information content (AvgIpc) is 2.55. The third-order valence-electron chi connectivity index (χ3n) is 3.68. The van der Waals surface area contributed by atoms with Gasteiger partial charge in [0.25, 0.3) is 5.91 Å². The van der Waals surface area contributed by atoms with Crippen LogP contribution < -0.4 is 4.42 Å². The van der Waals surface area contributed by atoms with E-state index in [1.807, 2.05) is 18.2 Å². The zero-order valence-electron chi connectivity index (χ0n) is 11.4. The quantitative estimate of drug-likeness (QED) is 0.768. The van der Waals surface area contributed by atoms with Crippen LogP contribution in [0, 0.1) is 0 Å². The largest absolute Gasteiger partial charge is 0.276 e. The first-order valence-electron chi connectivity index (χ1n) is 6.90. The van der Waals surface area contributed by atoms with Crippen LogP contribution >= 0.6 is 23.4 Å². The summed E-state index contributed by atoms with van der Waals surface area (Å²) in [6.07, 6.45) is 5.53. The SMILES string of the molecule is O=C(c1cnc2c(c1Cl)CCCC2)N(Cl)c1ccccc1. The van der Waals surface area contributed by atoms with Crippen molar-refractivity contribution in [2.45, 2.75) is 25.7 Å². The van der Waals surface area contributed by atoms with Crippen LogP contribution in [0.3, 0.4) is 0 Å². The number of hydrogen-bond acceptors (Lipinski definition) is 2. The van der Waals surface area contributed by atoms with Gasteiger partial charge in [-0.25, -0.2) is 4.42 Å². The van der Waals surface area contributed by atoms with Crippen molar-refractivity contribution in [1.82, 2.24) is 4.98 Å². The molecule has 1 aliphatic carbocycles. The lowest BCUT2D eigenvalue weighted by Gasteiger charge is -2.19. The minimum absolute atomic E-state index is 0.353. The molecule has 1 aromatic carbocycles. The Balaban J connectivity index is 1.95. The van der Waals surface area contributed by atoms with Crippen LogP contribution in [-0.2, 0) is 12.8 Å². The Kier molecular flexibility index (Phi) is 4.13. The van der Waals surface area contributed by atoms with Gasteiger partial charge < -0.3 is 0 Å². The fourth-order valence-corrected chi connectivity index (χ4v) is 3.10. The summed E-state index contributed by atoms with van der Waals surface area (Å²) in [5.74, 6) is -0.353. The van der Waals surface area contributed by atoms with E-state index in [9.17, 15) is 4.79 Å². The Morgan fingerprint density at radius 2 is 1.86 bits per heavy atom. The molecule has 5 heteroatoms. The fourth-order valence-electron chi connectivity index (χ4n) is 2.56. The minimum atomic E-state index is -0.353. The molecule has 0 N–H and O–H groups in total. The molecule has 0 saturated carbocycles. The number of fused-ring (bicyclic) bond motifs is 1. The number of halogens is 2. The molecule has 2 aromatic rings. The molecule has 0 radical (unpaired) electrons. The summed E-state index contributed by atoms with van der Waals surface area (Å²) in [4.78, 5) is 16.9. The van der Waals surface area contributed by atoms with Gasteiger partial charge in [-0.2, -0.15) is 0 Å². The molecule has 1 aromatic heterocycles. The van der Waals surface area contributed by atoms with Crippen LogP contribution in [0.25, 0.3) is 0 Å². The van der Waals surface area contributed by atoms with Gasteiger partial charge in [-0.05, 0) is 43.4 Å². The topological polar surface area (TPSA) is 33.2 Å². The van der Waals surface area contributed by atoms with E-state index in [2.05, 4.69) is 4.98 Å². The number of hydrogen-bond donors (Lipinski definition) is 0. The van der Waals surface area contributed by atoms with E-state index >= 15 is 0 Å². The highest BCUT2D eigenvalue weighted by Crippen LogP contribution is 2.31. The number of amides is 1. The summed E-state index contributed by atoms with van der Waals surface area (Å²) < 4.78 is 1.08. The van der Waals surface area contributed by atoms with Crippen LogP contribution in [0.15, 0.2) is 36.5 Å². The number of rotatable bonds is 2. The summed E-state index contributed by atoms with van der Waals surface area (Å²) in [6, 6.07) is 9.05. The van der Waals surface area contributed by atoms with Gasteiger partial charge in [-0.1, -0.05) is 29.8 Å². The van der Waals surface area contributed by atoms with E-state index in [1.165, 1.54) is 6.20 Å². The van der Waals surface area contributed by atoms with Crippen molar-refractivity contribution < 1.29 is 4.79 Å². The summed E-state index contributed by atoms with van der Waals surface area (Å²) >= 11 is 12.6. The average molecular weight is 321 g/mol. The summed E-state index contributed by atoms with van der Waals surface area (Å²) in [5.41, 5.74) is 2.96. The fraction of sp³-hybridized carbons (Fsp3) is 0.250. The number of carbonyl (C=O) groups excluding carboxylic acids is 1. The molecule has 0 aliphatic heterocycles. The Hall–Kier alpha value is -1.58. The van der Waals surface area contributed by atoms with Crippen molar-refractivity contribution in [1.29, 1.82) is 0 Å². The Morgan fingerprint density at radius 3 is 2.62 bits per heavy atom. The Morgan fingerprint density at radius 1 is 1.14 bits per heavy atom. The van der Waals surface area contributed by atoms with Gasteiger partial charge in [-0.15, -0.1) is 0 Å². The number of nitrogens with zero attached hydrogens (tertiary/aromatic N) is 2. The molecule has 0 bridgehead atoms. The van der Waals surface area contributed by atoms with Crippen molar-refractivity contribution in [3.05, 3.63) is 58.4 Å². The number of aryl methyl sites for hydroxylation is 1. The third kappa shape index (κ3) is 2.76. The lowest BCUT2D eigenvalue weighted by atomic mass is 9.95. The number of aromatic nitrogens is 1. The second-order valence-corrected chi connectivity index (χ2v) is 5.76. The number of carbonyl (C=O) groups is 1. The highest BCUT2D eigenvalue weighted by atomic mass is 35.5. The first-order chi connectivity index (χ1) is 10.2. The van der Waals surface area contributed by atoms with Crippen LogP contribution in [-0.4, -0.2) is 10.9 Å². The molecule has 0 fully saturated rings. The van der Waals surface area contributed by atoms with Gasteiger partial charge in [0.15, 0.2) is 0 Å². The molecule has 0 atom stereocenters. The third-order valence-corrected chi connectivity index (χ3v) is 4.46. The number of para-hydroxylation sites is 1. The van der Waals surface area contributed by atoms with Gasteiger partial charge in [0.1, 0.15) is 0 Å². The molecular weight excluding hydrogens is 307 g/mol. The lowest BCUT2D eigenvalue weighted by Crippen LogP contribution is -2.22. The molecule has 0 spiro atoms. The molecule has 108 valence electrons. The van der Waals surface area contributed by atoms with E-state index in [0.717, 1.165) is 41.4 Å². The maximum absolute atomic E-state index is 12.5. The van der Waals surface area contributed by atoms with E-state index in [1.54, 1.807) is 12.1 Å². The van der Waals surface area contributed by atoms with E-state index in [-0.39, 0.29) is 5.91 Å². The summed E-state index contributed by atoms with van der Waals surface area (Å²) in [6.45, 7) is 0. The van der Waals surface area contributed by atoms with Crippen LogP contribution in [0.2, 0.25) is 5.02 Å². The molecule has 0 saturated heterocycles. The highest BCUT2D eigenvalue weighted by Gasteiger charge is 2.23. The minimum Gasteiger partial charge on any atom is -0.267 e. The maximum Gasteiger partial charge on any atom is 0.276 e. The molecule has 1 aliphatic rings. The maximum atomic E-state index is 12.5. The molecule has 1 heterocycles. The van der Waals surface area contributed by atoms with Crippen molar-refractivity contribution in [3.63, 3.8) is 0 Å². The van der Waals surface area contributed by atoms with Crippen LogP contribution in [0.1, 0.15) is 34.5 Å². The monoisotopic (exact) mass is 320 g/mol. The van der Waals surface area contributed by atoms with Gasteiger partial charge in [-0.3, -0.25) is 9.78 Å². The molecule has 0 unspecified atom stereocenters. The highest BCUT2D eigenvalue weighted by molar-refractivity contribution is 6.42. The van der Waals surface area contributed by atoms with Crippen molar-refractivity contribution in [2.75, 3.05) is 4.42 Å². The predicted molar refractivity (Wildman–Crippen MR) is 85.0 cm³/mol. The molecule has 1 amide bonds. The van der Waals surface area contributed by atoms with E-state index < -0.39 is 0 Å². The Bertz CT molecular complexity index is 673. The molecule has 21 heavy (non-hydrogen) atoms. The van der Waals surface area contributed by atoms with Gasteiger partial charge >= 0.3 is 0 Å². The predicted octanol–water partition coefficient (Wildman–Crippen LogP) is 4.41. The normalized spacial score (nSPS) is 13.6. The smallest absolute Gasteiger partial charge is 0.267 e. The number of anilines is 1. The van der Waals surface area contributed by atoms with Gasteiger partial charge in [0, 0.05) is 23.7 Å². The van der Waals surface area contributed by atoms with Crippen molar-refractivity contribution >= 4 is 35.0 Å². The molecule has 3 nitrogen and oxygen atoms in total.